The molecule has 1 fully saturated rings. The van der Waals surface area contributed by atoms with E-state index in [0.29, 0.717) is 36.2 Å². The number of hydrogen-bond acceptors (Lipinski definition) is 8. The molecule has 14 nitrogen and oxygen atoms in total. The van der Waals surface area contributed by atoms with Gasteiger partial charge in [-0.1, -0.05) is 61.9 Å². The first kappa shape index (κ1) is 44.0. The monoisotopic (exact) mass is 784 g/mol. The molecule has 3 aromatic carbocycles. The van der Waals surface area contributed by atoms with Crippen molar-refractivity contribution >= 4 is 41.2 Å². The average Bonchev–Trinajstić information content (AvgIpc) is 3.19. The van der Waals surface area contributed by atoms with Crippen LogP contribution in [0.4, 0.5) is 5.69 Å². The highest BCUT2D eigenvalue weighted by Gasteiger charge is 2.29. The molecule has 6 N–H and O–H groups in total. The number of carboxylic acids is 1. The smallest absolute Gasteiger partial charge is 0.326 e. The maximum atomic E-state index is 13.5. The minimum atomic E-state index is -1.30. The zero-order valence-corrected chi connectivity index (χ0v) is 33.3. The Balaban J connectivity index is 1.32. The third-order valence-electron chi connectivity index (χ3n) is 10.3. The summed E-state index contributed by atoms with van der Waals surface area (Å²) in [6.45, 7) is 7.97. The number of anilines is 1. The molecule has 0 bridgehead atoms. The lowest BCUT2D eigenvalue weighted by atomic mass is 9.96. The molecule has 0 saturated carbocycles. The lowest BCUT2D eigenvalue weighted by molar-refractivity contribution is -0.142. The Labute approximate surface area is 334 Å². The summed E-state index contributed by atoms with van der Waals surface area (Å²) < 4.78 is 0. The van der Waals surface area contributed by atoms with Gasteiger partial charge in [-0.15, -0.1) is 0 Å². The molecule has 0 aromatic heterocycles. The second-order valence-corrected chi connectivity index (χ2v) is 14.6. The summed E-state index contributed by atoms with van der Waals surface area (Å²) in [7, 11) is 0. The molecule has 57 heavy (non-hydrogen) atoms. The second-order valence-electron chi connectivity index (χ2n) is 14.6. The summed E-state index contributed by atoms with van der Waals surface area (Å²) in [6, 6.07) is 18.4. The zero-order chi connectivity index (χ0) is 41.5. The maximum Gasteiger partial charge on any atom is 0.326 e. The van der Waals surface area contributed by atoms with E-state index in [1.54, 1.807) is 13.8 Å². The number of carbonyl (C=O) groups excluding carboxylic acids is 5. The number of phenolic OH excluding ortho intramolecular Hbond substituents is 1. The highest BCUT2D eigenvalue weighted by molar-refractivity contribution is 5.94. The number of rotatable bonds is 19. The summed E-state index contributed by atoms with van der Waals surface area (Å²) in [6.07, 6.45) is 3.53. The number of aryl methyl sites for hydroxylation is 2. The van der Waals surface area contributed by atoms with E-state index in [0.717, 1.165) is 37.1 Å². The molecule has 0 radical (unpaired) electrons. The Kier molecular flexibility index (Phi) is 16.6. The van der Waals surface area contributed by atoms with Gasteiger partial charge in [0.25, 0.3) is 0 Å². The fraction of sp³-hybridized carbons (Fsp3) is 0.442. The van der Waals surface area contributed by atoms with E-state index in [4.69, 9.17) is 0 Å². The lowest BCUT2D eigenvalue weighted by Crippen LogP contribution is -2.54. The summed E-state index contributed by atoms with van der Waals surface area (Å²) in [5.74, 6) is -3.51. The van der Waals surface area contributed by atoms with Gasteiger partial charge in [0.05, 0.1) is 6.54 Å². The van der Waals surface area contributed by atoms with Crippen molar-refractivity contribution in [2.24, 2.45) is 0 Å². The highest BCUT2D eigenvalue weighted by atomic mass is 16.4. The van der Waals surface area contributed by atoms with Gasteiger partial charge in [-0.25, -0.2) is 4.79 Å². The van der Waals surface area contributed by atoms with Gasteiger partial charge in [0, 0.05) is 50.5 Å². The van der Waals surface area contributed by atoms with Crippen molar-refractivity contribution in [1.29, 1.82) is 0 Å². The van der Waals surface area contributed by atoms with Gasteiger partial charge < -0.3 is 36.4 Å². The van der Waals surface area contributed by atoms with Crippen LogP contribution in [-0.4, -0.2) is 101 Å². The molecule has 1 heterocycles. The first-order valence-electron chi connectivity index (χ1n) is 19.6. The van der Waals surface area contributed by atoms with E-state index in [-0.39, 0.29) is 42.9 Å². The summed E-state index contributed by atoms with van der Waals surface area (Å²) in [5.41, 5.74) is 3.66. The Morgan fingerprint density at radius 2 is 1.47 bits per heavy atom. The first-order valence-corrected chi connectivity index (χ1v) is 19.6. The van der Waals surface area contributed by atoms with E-state index in [1.165, 1.54) is 19.1 Å². The van der Waals surface area contributed by atoms with Crippen molar-refractivity contribution in [3.8, 4) is 5.75 Å². The SMILES string of the molecule is CCC(=O)N(CC1CCCCN1CCC(=O)N[C@@H](Cc1ccccc1)C(=O)NCC(=O)N[C@H](C)C(=O)N[C@@H](Cc1c(C)cc(O)cc1C)C(=O)O)c1ccccc1. The van der Waals surface area contributed by atoms with Crippen LogP contribution in [-0.2, 0) is 41.6 Å². The number of benzene rings is 3. The molecule has 1 saturated heterocycles. The van der Waals surface area contributed by atoms with E-state index in [2.05, 4.69) is 26.2 Å². The van der Waals surface area contributed by atoms with Gasteiger partial charge in [-0.05, 0) is 86.7 Å². The van der Waals surface area contributed by atoms with Gasteiger partial charge in [0.1, 0.15) is 23.9 Å². The fourth-order valence-electron chi connectivity index (χ4n) is 7.13. The minimum absolute atomic E-state index is 0.0320. The van der Waals surface area contributed by atoms with Crippen LogP contribution in [0.2, 0.25) is 0 Å². The molecular weight excluding hydrogens is 729 g/mol. The maximum absolute atomic E-state index is 13.5. The van der Waals surface area contributed by atoms with Crippen LogP contribution in [0.5, 0.6) is 5.75 Å². The molecule has 5 amide bonds. The number of piperidine rings is 1. The standard InChI is InChI=1S/C43H56N6O8/c1-5-40(53)49(32-16-10-7-11-17-32)27-33-18-12-13-20-48(33)21-19-38(51)46-36(24-31-14-8-6-9-15-31)42(55)44-26-39(52)45-30(4)41(54)47-37(43(56)57)25-35-28(2)22-34(50)23-29(35)3/h6-11,14-17,22-23,30,33,36-37,50H,5,12-13,18-21,24-27H2,1-4H3,(H,44,55)(H,45,52)(H,46,51)(H,47,54)(H,56,57)/t30-,33?,36+,37+/m1/s1. The van der Waals surface area contributed by atoms with Crippen LogP contribution in [0.1, 0.15) is 68.2 Å². The number of nitrogens with zero attached hydrogens (tertiary/aromatic N) is 2. The first-order chi connectivity index (χ1) is 27.2. The topological polar surface area (TPSA) is 197 Å². The molecule has 1 aliphatic rings. The van der Waals surface area contributed by atoms with Crippen molar-refractivity contribution in [1.82, 2.24) is 26.2 Å². The summed E-state index contributed by atoms with van der Waals surface area (Å²) >= 11 is 0. The van der Waals surface area contributed by atoms with Crippen LogP contribution < -0.4 is 26.2 Å². The lowest BCUT2D eigenvalue weighted by Gasteiger charge is -2.38. The van der Waals surface area contributed by atoms with Crippen LogP contribution in [0.3, 0.4) is 0 Å². The van der Waals surface area contributed by atoms with E-state index >= 15 is 0 Å². The van der Waals surface area contributed by atoms with Gasteiger partial charge in [0.15, 0.2) is 0 Å². The molecule has 3 aromatic rings. The van der Waals surface area contributed by atoms with Crippen molar-refractivity contribution in [2.45, 2.75) is 96.8 Å². The highest BCUT2D eigenvalue weighted by Crippen LogP contribution is 2.24. The Morgan fingerprint density at radius 1 is 0.825 bits per heavy atom. The van der Waals surface area contributed by atoms with Gasteiger partial charge in [-0.2, -0.15) is 0 Å². The number of phenols is 1. The van der Waals surface area contributed by atoms with Gasteiger partial charge in [0.2, 0.25) is 29.5 Å². The number of carbonyl (C=O) groups is 6. The predicted molar refractivity (Wildman–Crippen MR) is 216 cm³/mol. The minimum Gasteiger partial charge on any atom is -0.508 e. The van der Waals surface area contributed by atoms with Crippen molar-refractivity contribution in [2.75, 3.05) is 31.1 Å². The fourth-order valence-corrected chi connectivity index (χ4v) is 7.13. The number of likely N-dealkylation sites (tertiary alicyclic amines) is 1. The molecule has 0 aliphatic carbocycles. The molecule has 4 atom stereocenters. The van der Waals surface area contributed by atoms with Crippen LogP contribution in [0, 0.1) is 13.8 Å². The summed E-state index contributed by atoms with van der Waals surface area (Å²) in [4.78, 5) is 81.7. The number of nitrogens with one attached hydrogen (secondary N) is 4. The molecule has 1 aliphatic heterocycles. The summed E-state index contributed by atoms with van der Waals surface area (Å²) in [5, 5.41) is 30.0. The Bertz CT molecular complexity index is 1830. The van der Waals surface area contributed by atoms with Crippen molar-refractivity contribution in [3.05, 3.63) is 95.1 Å². The number of para-hydroxylation sites is 1. The number of aromatic hydroxyl groups is 1. The average molecular weight is 785 g/mol. The molecule has 306 valence electrons. The van der Waals surface area contributed by atoms with Gasteiger partial charge in [-0.3, -0.25) is 28.9 Å². The van der Waals surface area contributed by atoms with Crippen LogP contribution >= 0.6 is 0 Å². The normalized spacial score (nSPS) is 15.7. The van der Waals surface area contributed by atoms with Crippen LogP contribution in [0.15, 0.2) is 72.8 Å². The van der Waals surface area contributed by atoms with E-state index in [9.17, 15) is 39.0 Å². The largest absolute Gasteiger partial charge is 0.508 e. The molecular formula is C43H56N6O8. The number of amides is 5. The molecule has 14 heteroatoms. The van der Waals surface area contributed by atoms with E-state index in [1.807, 2.05) is 72.5 Å². The predicted octanol–water partition coefficient (Wildman–Crippen LogP) is 3.16. The van der Waals surface area contributed by atoms with E-state index < -0.39 is 48.4 Å². The quantitative estimate of drug-likeness (QED) is 0.106. The van der Waals surface area contributed by atoms with Crippen molar-refractivity contribution in [3.63, 3.8) is 0 Å². The number of aliphatic carboxylic acids is 1. The second kappa shape index (κ2) is 21.5. The Hall–Kier alpha value is -5.76. The van der Waals surface area contributed by atoms with Gasteiger partial charge >= 0.3 is 5.97 Å². The molecule has 0 spiro atoms. The number of carboxylic acid groups (broad SMARTS) is 1. The van der Waals surface area contributed by atoms with Crippen LogP contribution in [0.25, 0.3) is 0 Å². The van der Waals surface area contributed by atoms with Crippen molar-refractivity contribution < 1.29 is 39.0 Å². The third kappa shape index (κ3) is 13.4. The zero-order valence-electron chi connectivity index (χ0n) is 33.3. The third-order valence-corrected chi connectivity index (χ3v) is 10.3. The molecule has 1 unspecified atom stereocenters. The molecule has 4 rings (SSSR count). The Morgan fingerprint density at radius 3 is 2.11 bits per heavy atom. The number of hydrogen-bond donors (Lipinski definition) is 6.